The van der Waals surface area contributed by atoms with Crippen LogP contribution in [0.25, 0.3) is 0 Å². The molecule has 1 unspecified atom stereocenters. The quantitative estimate of drug-likeness (QED) is 0.636. The molecule has 0 N–H and O–H groups in total. The summed E-state index contributed by atoms with van der Waals surface area (Å²) in [5.74, 6) is 0. The number of alkyl halides is 2. The Morgan fingerprint density at radius 3 is 2.82 bits per heavy atom. The highest BCUT2D eigenvalue weighted by molar-refractivity contribution is 4.63. The van der Waals surface area contributed by atoms with Crippen molar-refractivity contribution in [3.63, 3.8) is 0 Å². The summed E-state index contributed by atoms with van der Waals surface area (Å²) in [7, 11) is 0. The van der Waals surface area contributed by atoms with Crippen LogP contribution >= 0.6 is 0 Å². The molecule has 1 fully saturated rings. The Kier molecular flexibility index (Phi) is 2.78. The predicted octanol–water partition coefficient (Wildman–Crippen LogP) is 1.79. The van der Waals surface area contributed by atoms with E-state index in [1.54, 1.807) is 0 Å². The van der Waals surface area contributed by atoms with Crippen LogP contribution in [0.4, 0.5) is 8.78 Å². The first kappa shape index (κ1) is 8.87. The van der Waals surface area contributed by atoms with E-state index < -0.39 is 6.11 Å². The Labute approximate surface area is 64.5 Å². The first-order valence-electron chi connectivity index (χ1n) is 3.71. The van der Waals surface area contributed by atoms with Crippen molar-refractivity contribution in [2.24, 2.45) is 0 Å². The van der Waals surface area contributed by atoms with Gasteiger partial charge in [0.05, 0.1) is 12.7 Å². The lowest BCUT2D eigenvalue weighted by molar-refractivity contribution is -0.235. The van der Waals surface area contributed by atoms with Gasteiger partial charge in [-0.05, 0) is 12.8 Å². The molecule has 0 aliphatic carbocycles. The summed E-state index contributed by atoms with van der Waals surface area (Å²) in [5, 5.41) is 0. The molecule has 66 valence electrons. The van der Waals surface area contributed by atoms with Crippen molar-refractivity contribution in [2.45, 2.75) is 32.0 Å². The zero-order valence-corrected chi connectivity index (χ0v) is 6.48. The molecule has 4 heteroatoms. The van der Waals surface area contributed by atoms with Crippen LogP contribution in [0.1, 0.15) is 19.8 Å². The molecular formula is C7H12F2O2. The Hall–Kier alpha value is -0.220. The van der Waals surface area contributed by atoms with Crippen LogP contribution in [-0.4, -0.2) is 25.4 Å². The smallest absolute Gasteiger partial charge is 0.353 e. The van der Waals surface area contributed by atoms with E-state index in [4.69, 9.17) is 4.74 Å². The summed E-state index contributed by atoms with van der Waals surface area (Å²) in [6, 6.07) is 0. The molecule has 0 aromatic rings. The van der Waals surface area contributed by atoms with Crippen LogP contribution < -0.4 is 0 Å². The van der Waals surface area contributed by atoms with Crippen molar-refractivity contribution in [3.05, 3.63) is 0 Å². The summed E-state index contributed by atoms with van der Waals surface area (Å²) in [5.41, 5.74) is 0. The second-order valence-electron chi connectivity index (χ2n) is 2.75. The van der Waals surface area contributed by atoms with E-state index in [0.717, 1.165) is 19.8 Å². The Balaban J connectivity index is 2.11. The first-order valence-corrected chi connectivity index (χ1v) is 3.71. The van der Waals surface area contributed by atoms with E-state index >= 15 is 0 Å². The van der Waals surface area contributed by atoms with Gasteiger partial charge in [-0.1, -0.05) is 0 Å². The maximum Gasteiger partial charge on any atom is 0.353 e. The summed E-state index contributed by atoms with van der Waals surface area (Å²) < 4.78 is 33.5. The van der Waals surface area contributed by atoms with Gasteiger partial charge in [0, 0.05) is 13.5 Å². The molecule has 1 atom stereocenters. The summed E-state index contributed by atoms with van der Waals surface area (Å²) in [6.45, 7) is 1.41. The van der Waals surface area contributed by atoms with Crippen molar-refractivity contribution in [1.82, 2.24) is 0 Å². The van der Waals surface area contributed by atoms with Gasteiger partial charge in [0.15, 0.2) is 0 Å². The molecule has 0 radical (unpaired) electrons. The van der Waals surface area contributed by atoms with Crippen LogP contribution in [0.5, 0.6) is 0 Å². The fourth-order valence-electron chi connectivity index (χ4n) is 1.02. The van der Waals surface area contributed by atoms with E-state index in [-0.39, 0.29) is 12.7 Å². The van der Waals surface area contributed by atoms with Crippen LogP contribution in [-0.2, 0) is 9.47 Å². The van der Waals surface area contributed by atoms with Crippen molar-refractivity contribution >= 4 is 0 Å². The first-order chi connectivity index (χ1) is 5.08. The highest BCUT2D eigenvalue weighted by atomic mass is 19.3. The Morgan fingerprint density at radius 2 is 2.36 bits per heavy atom. The summed E-state index contributed by atoms with van der Waals surface area (Å²) >= 11 is 0. The van der Waals surface area contributed by atoms with E-state index in [9.17, 15) is 8.78 Å². The molecule has 0 spiro atoms. The third-order valence-electron chi connectivity index (χ3n) is 1.55. The van der Waals surface area contributed by atoms with Gasteiger partial charge in [0.1, 0.15) is 0 Å². The van der Waals surface area contributed by atoms with E-state index in [1.807, 2.05) is 0 Å². The minimum absolute atomic E-state index is 0.00347. The van der Waals surface area contributed by atoms with Crippen molar-refractivity contribution < 1.29 is 18.3 Å². The number of ether oxygens (including phenoxy) is 2. The third-order valence-corrected chi connectivity index (χ3v) is 1.55. The maximum atomic E-state index is 12.1. The SMILES string of the molecule is CC(F)(F)OCC1CCCO1. The van der Waals surface area contributed by atoms with Gasteiger partial charge < -0.3 is 9.47 Å². The van der Waals surface area contributed by atoms with E-state index in [0.29, 0.717) is 6.61 Å². The molecule has 1 aliphatic rings. The Bertz CT molecular complexity index is 116. The van der Waals surface area contributed by atoms with E-state index in [1.165, 1.54) is 0 Å². The van der Waals surface area contributed by atoms with Crippen LogP contribution in [0.15, 0.2) is 0 Å². The van der Waals surface area contributed by atoms with Crippen molar-refractivity contribution in [2.75, 3.05) is 13.2 Å². The normalized spacial score (nSPS) is 25.9. The average Bonchev–Trinajstić information content (AvgIpc) is 2.32. The molecule has 11 heavy (non-hydrogen) atoms. The zero-order valence-electron chi connectivity index (χ0n) is 6.48. The molecule has 1 heterocycles. The largest absolute Gasteiger partial charge is 0.376 e. The molecule has 1 aliphatic heterocycles. The zero-order chi connectivity index (χ0) is 8.32. The molecule has 0 saturated carbocycles. The average molecular weight is 166 g/mol. The second kappa shape index (κ2) is 3.45. The van der Waals surface area contributed by atoms with Gasteiger partial charge in [0.25, 0.3) is 0 Å². The highest BCUT2D eigenvalue weighted by Crippen LogP contribution is 2.18. The minimum Gasteiger partial charge on any atom is -0.376 e. The number of rotatable bonds is 3. The predicted molar refractivity (Wildman–Crippen MR) is 35.5 cm³/mol. The molecule has 0 bridgehead atoms. The standard InChI is InChI=1S/C7H12F2O2/c1-7(8,9)11-5-6-3-2-4-10-6/h6H,2-5H2,1H3. The molecular weight excluding hydrogens is 154 g/mol. The summed E-state index contributed by atoms with van der Waals surface area (Å²) in [4.78, 5) is 0. The maximum absolute atomic E-state index is 12.1. The monoisotopic (exact) mass is 166 g/mol. The van der Waals surface area contributed by atoms with Gasteiger partial charge in [-0.3, -0.25) is 0 Å². The van der Waals surface area contributed by atoms with Gasteiger partial charge in [-0.2, -0.15) is 8.78 Å². The molecule has 0 aromatic heterocycles. The fourth-order valence-corrected chi connectivity index (χ4v) is 1.02. The number of hydrogen-bond donors (Lipinski definition) is 0. The van der Waals surface area contributed by atoms with Crippen LogP contribution in [0.2, 0.25) is 0 Å². The fraction of sp³-hybridized carbons (Fsp3) is 1.00. The van der Waals surface area contributed by atoms with Gasteiger partial charge in [-0.25, -0.2) is 0 Å². The third kappa shape index (κ3) is 3.62. The molecule has 2 nitrogen and oxygen atoms in total. The van der Waals surface area contributed by atoms with Crippen LogP contribution in [0.3, 0.4) is 0 Å². The van der Waals surface area contributed by atoms with Crippen molar-refractivity contribution in [3.8, 4) is 0 Å². The lowest BCUT2D eigenvalue weighted by Gasteiger charge is -2.14. The second-order valence-corrected chi connectivity index (χ2v) is 2.75. The number of halogens is 2. The van der Waals surface area contributed by atoms with Crippen molar-refractivity contribution in [1.29, 1.82) is 0 Å². The molecule has 0 aromatic carbocycles. The van der Waals surface area contributed by atoms with Gasteiger partial charge >= 0.3 is 6.11 Å². The molecule has 1 saturated heterocycles. The van der Waals surface area contributed by atoms with Crippen LogP contribution in [0, 0.1) is 0 Å². The topological polar surface area (TPSA) is 18.5 Å². The lowest BCUT2D eigenvalue weighted by atomic mass is 10.2. The Morgan fingerprint density at radius 1 is 1.64 bits per heavy atom. The van der Waals surface area contributed by atoms with E-state index in [2.05, 4.69) is 4.74 Å². The van der Waals surface area contributed by atoms with Gasteiger partial charge in [-0.15, -0.1) is 0 Å². The molecule has 0 amide bonds. The lowest BCUT2D eigenvalue weighted by Crippen LogP contribution is -2.23. The van der Waals surface area contributed by atoms with Gasteiger partial charge in [0.2, 0.25) is 0 Å². The minimum atomic E-state index is -3.02. The summed E-state index contributed by atoms with van der Waals surface area (Å²) in [6.07, 6.45) is -1.37. The highest BCUT2D eigenvalue weighted by Gasteiger charge is 2.25. The molecule has 1 rings (SSSR count). The number of hydrogen-bond acceptors (Lipinski definition) is 2.